The van der Waals surface area contributed by atoms with Crippen molar-refractivity contribution in [2.75, 3.05) is 4.90 Å². The lowest BCUT2D eigenvalue weighted by Gasteiger charge is -2.26. The first-order valence-corrected chi connectivity index (χ1v) is 9.56. The minimum atomic E-state index is -1.01. The van der Waals surface area contributed by atoms with Crippen LogP contribution in [0.25, 0.3) is 5.76 Å². The van der Waals surface area contributed by atoms with Gasteiger partial charge in [0, 0.05) is 23.4 Å². The number of aryl methyl sites for hydroxylation is 1. The Hall–Kier alpha value is -4.26. The van der Waals surface area contributed by atoms with Crippen LogP contribution in [0, 0.1) is 17.0 Å². The van der Waals surface area contributed by atoms with Crippen molar-refractivity contribution in [2.45, 2.75) is 13.0 Å². The molecule has 0 unspecified atom stereocenters. The highest BCUT2D eigenvalue weighted by Crippen LogP contribution is 2.43. The number of hydrogen-bond acceptors (Lipinski definition) is 5. The molecular formula is C24H18N2O5. The van der Waals surface area contributed by atoms with Gasteiger partial charge < -0.3 is 5.11 Å². The fourth-order valence-electron chi connectivity index (χ4n) is 3.79. The number of nitro groups is 1. The molecule has 1 saturated heterocycles. The van der Waals surface area contributed by atoms with Gasteiger partial charge in [-0.2, -0.15) is 0 Å². The summed E-state index contributed by atoms with van der Waals surface area (Å²) in [5.74, 6) is -1.98. The van der Waals surface area contributed by atoms with Gasteiger partial charge in [0.05, 0.1) is 16.5 Å². The summed E-state index contributed by atoms with van der Waals surface area (Å²) < 4.78 is 0. The van der Waals surface area contributed by atoms with Gasteiger partial charge in [-0.3, -0.25) is 24.6 Å². The molecule has 0 aliphatic carbocycles. The van der Waals surface area contributed by atoms with Crippen LogP contribution in [0.5, 0.6) is 0 Å². The topological polar surface area (TPSA) is 101 Å². The molecule has 7 heteroatoms. The second-order valence-electron chi connectivity index (χ2n) is 7.17. The molecule has 1 aliphatic rings. The minimum absolute atomic E-state index is 0.111. The number of benzene rings is 3. The molecule has 3 aromatic carbocycles. The first-order chi connectivity index (χ1) is 14.9. The van der Waals surface area contributed by atoms with E-state index in [2.05, 4.69) is 0 Å². The maximum Gasteiger partial charge on any atom is 0.300 e. The van der Waals surface area contributed by atoms with Gasteiger partial charge in [-0.25, -0.2) is 0 Å². The lowest BCUT2D eigenvalue weighted by atomic mass is 9.94. The van der Waals surface area contributed by atoms with Crippen LogP contribution in [-0.4, -0.2) is 21.7 Å². The van der Waals surface area contributed by atoms with E-state index < -0.39 is 22.7 Å². The van der Waals surface area contributed by atoms with Crippen LogP contribution < -0.4 is 4.90 Å². The van der Waals surface area contributed by atoms with Gasteiger partial charge in [-0.05, 0) is 24.1 Å². The van der Waals surface area contributed by atoms with Gasteiger partial charge >= 0.3 is 0 Å². The Morgan fingerprint density at radius 3 is 2.32 bits per heavy atom. The summed E-state index contributed by atoms with van der Waals surface area (Å²) in [7, 11) is 0. The Kier molecular flexibility index (Phi) is 5.09. The first kappa shape index (κ1) is 20.0. The van der Waals surface area contributed by atoms with Crippen LogP contribution in [0.2, 0.25) is 0 Å². The average molecular weight is 414 g/mol. The molecule has 1 atom stereocenters. The van der Waals surface area contributed by atoms with E-state index in [0.717, 1.165) is 5.56 Å². The number of Topliss-reactive ketones (excluding diaryl/α,β-unsaturated/α-hetero) is 1. The van der Waals surface area contributed by atoms with Crippen molar-refractivity contribution in [1.29, 1.82) is 0 Å². The summed E-state index contributed by atoms with van der Waals surface area (Å²) in [4.78, 5) is 38.3. The van der Waals surface area contributed by atoms with Gasteiger partial charge in [-0.15, -0.1) is 0 Å². The average Bonchev–Trinajstić information content (AvgIpc) is 3.05. The quantitative estimate of drug-likeness (QED) is 0.222. The second kappa shape index (κ2) is 7.87. The van der Waals surface area contributed by atoms with Crippen LogP contribution in [0.1, 0.15) is 22.7 Å². The summed E-state index contributed by atoms with van der Waals surface area (Å²) >= 11 is 0. The predicted octanol–water partition coefficient (Wildman–Crippen LogP) is 4.53. The van der Waals surface area contributed by atoms with Crippen molar-refractivity contribution in [2.24, 2.45) is 0 Å². The number of aliphatic hydroxyl groups is 1. The number of amides is 1. The molecule has 4 rings (SSSR count). The van der Waals surface area contributed by atoms with Crippen LogP contribution in [0.15, 0.2) is 84.4 Å². The van der Waals surface area contributed by atoms with Crippen molar-refractivity contribution in [3.63, 3.8) is 0 Å². The Balaban J connectivity index is 2.00. The number of aliphatic hydroxyl groups excluding tert-OH is 1. The van der Waals surface area contributed by atoms with Crippen molar-refractivity contribution in [3.8, 4) is 0 Å². The Morgan fingerprint density at radius 1 is 0.968 bits per heavy atom. The van der Waals surface area contributed by atoms with E-state index in [9.17, 15) is 24.8 Å². The summed E-state index contributed by atoms with van der Waals surface area (Å²) in [6.07, 6.45) is 0. The zero-order valence-electron chi connectivity index (χ0n) is 16.6. The third-order valence-electron chi connectivity index (χ3n) is 5.26. The van der Waals surface area contributed by atoms with Gasteiger partial charge in [0.2, 0.25) is 0 Å². The molecule has 1 heterocycles. The van der Waals surface area contributed by atoms with Crippen molar-refractivity contribution in [1.82, 2.24) is 0 Å². The normalized spacial score (nSPS) is 17.7. The number of nitrogens with zero attached hydrogens (tertiary/aromatic N) is 2. The SMILES string of the molecule is Cc1ccccc1N1C(=O)C(=O)C(=C(O)c2ccccc2)[C@H]1c1cccc([N+](=O)[O-])c1. The summed E-state index contributed by atoms with van der Waals surface area (Å²) in [5, 5.41) is 22.3. The lowest BCUT2D eigenvalue weighted by Crippen LogP contribution is -2.30. The van der Waals surface area contributed by atoms with Crippen LogP contribution in [0.4, 0.5) is 11.4 Å². The number of non-ortho nitro benzene ring substituents is 1. The summed E-state index contributed by atoms with van der Waals surface area (Å²) in [6.45, 7) is 1.80. The molecule has 1 aliphatic heterocycles. The number of hydrogen-bond donors (Lipinski definition) is 1. The largest absolute Gasteiger partial charge is 0.507 e. The third-order valence-corrected chi connectivity index (χ3v) is 5.26. The molecule has 154 valence electrons. The predicted molar refractivity (Wildman–Crippen MR) is 116 cm³/mol. The minimum Gasteiger partial charge on any atom is -0.507 e. The zero-order chi connectivity index (χ0) is 22.1. The van der Waals surface area contributed by atoms with Crippen molar-refractivity contribution >= 4 is 28.8 Å². The van der Waals surface area contributed by atoms with Gasteiger partial charge in [0.15, 0.2) is 0 Å². The zero-order valence-corrected chi connectivity index (χ0v) is 16.6. The third kappa shape index (κ3) is 3.46. The van der Waals surface area contributed by atoms with Gasteiger partial charge in [0.25, 0.3) is 17.4 Å². The van der Waals surface area contributed by atoms with E-state index in [1.165, 1.54) is 23.1 Å². The molecule has 0 radical (unpaired) electrons. The van der Waals surface area contributed by atoms with E-state index >= 15 is 0 Å². The highest BCUT2D eigenvalue weighted by molar-refractivity contribution is 6.51. The van der Waals surface area contributed by atoms with Gasteiger partial charge in [0.1, 0.15) is 5.76 Å². The maximum absolute atomic E-state index is 13.1. The molecule has 1 amide bonds. The fraction of sp³-hybridized carbons (Fsp3) is 0.0833. The number of rotatable bonds is 4. The van der Waals surface area contributed by atoms with E-state index in [0.29, 0.717) is 16.8 Å². The van der Waals surface area contributed by atoms with Crippen molar-refractivity contribution in [3.05, 3.63) is 111 Å². The number of carbonyl (C=O) groups excluding carboxylic acids is 2. The molecular weight excluding hydrogens is 396 g/mol. The lowest BCUT2D eigenvalue weighted by molar-refractivity contribution is -0.384. The molecule has 3 aromatic rings. The molecule has 0 aromatic heterocycles. The fourth-order valence-corrected chi connectivity index (χ4v) is 3.79. The van der Waals surface area contributed by atoms with E-state index in [1.807, 2.05) is 6.07 Å². The van der Waals surface area contributed by atoms with Crippen LogP contribution in [0.3, 0.4) is 0 Å². The molecule has 7 nitrogen and oxygen atoms in total. The smallest absolute Gasteiger partial charge is 0.300 e. The molecule has 1 N–H and O–H groups in total. The van der Waals surface area contributed by atoms with E-state index in [-0.39, 0.29) is 17.0 Å². The molecule has 1 fully saturated rings. The molecule has 0 spiro atoms. The van der Waals surface area contributed by atoms with Crippen LogP contribution >= 0.6 is 0 Å². The number of nitro benzene ring substituents is 1. The molecule has 0 bridgehead atoms. The molecule has 31 heavy (non-hydrogen) atoms. The van der Waals surface area contributed by atoms with Crippen molar-refractivity contribution < 1.29 is 19.6 Å². The monoisotopic (exact) mass is 414 g/mol. The first-order valence-electron chi connectivity index (χ1n) is 9.56. The Morgan fingerprint density at radius 2 is 1.65 bits per heavy atom. The maximum atomic E-state index is 13.1. The highest BCUT2D eigenvalue weighted by atomic mass is 16.6. The second-order valence-corrected chi connectivity index (χ2v) is 7.17. The van der Waals surface area contributed by atoms with E-state index in [1.54, 1.807) is 61.5 Å². The summed E-state index contributed by atoms with van der Waals surface area (Å²) in [5.41, 5.74) is 1.69. The Labute approximate surface area is 178 Å². The number of anilines is 1. The van der Waals surface area contributed by atoms with Crippen LogP contribution in [-0.2, 0) is 9.59 Å². The standard InChI is InChI=1S/C24H18N2O5/c1-15-8-5-6-13-19(15)25-21(17-11-7-12-18(14-17)26(30)31)20(23(28)24(25)29)22(27)16-9-3-2-4-10-16/h2-14,21,27H,1H3/t21-/m1/s1. The Bertz CT molecular complexity index is 1230. The highest BCUT2D eigenvalue weighted by Gasteiger charge is 2.47. The summed E-state index contributed by atoms with van der Waals surface area (Å²) in [6, 6.07) is 20.2. The number of ketones is 1. The molecule has 0 saturated carbocycles. The van der Waals surface area contributed by atoms with Gasteiger partial charge in [-0.1, -0.05) is 60.7 Å². The number of carbonyl (C=O) groups is 2. The number of para-hydroxylation sites is 1. The van der Waals surface area contributed by atoms with E-state index in [4.69, 9.17) is 0 Å².